The lowest BCUT2D eigenvalue weighted by atomic mass is 10.1. The Morgan fingerprint density at radius 1 is 1.06 bits per heavy atom. The molecule has 0 radical (unpaired) electrons. The van der Waals surface area contributed by atoms with Gasteiger partial charge >= 0.3 is 5.97 Å². The molecule has 2 N–H and O–H groups in total. The third-order valence-electron chi connectivity index (χ3n) is 5.15. The fourth-order valence-corrected chi connectivity index (χ4v) is 4.47. The number of carboxylic acid groups (broad SMARTS) is 1. The summed E-state index contributed by atoms with van der Waals surface area (Å²) < 4.78 is 18.3. The molecule has 8 nitrogen and oxygen atoms in total. The molecule has 0 amide bonds. The standard InChI is InChI=1S/C26H27N3O5S/c1-3-32-21-15-22-18(10-13-35-22)14-17(21)8-11-27-23-9-12-28-26(29-23)19-6-5-7-20(25(19)33-4-2)34-16-24(30)31/h5-7,9-10,12-15H,3-4,8,11,16H2,1-2H3,(H,30,31)(H,27,28,29). The molecule has 4 aromatic rings. The Hall–Kier alpha value is -3.85. The van der Waals surface area contributed by atoms with Crippen LogP contribution in [0.25, 0.3) is 21.5 Å². The zero-order valence-corrected chi connectivity index (χ0v) is 20.4. The number of fused-ring (bicyclic) bond motifs is 1. The van der Waals surface area contributed by atoms with Gasteiger partial charge in [-0.3, -0.25) is 0 Å². The molecule has 4 rings (SSSR count). The average Bonchev–Trinajstić information content (AvgIpc) is 3.31. The first kappa shape index (κ1) is 24.3. The average molecular weight is 494 g/mol. The second-order valence-electron chi connectivity index (χ2n) is 7.54. The number of benzene rings is 2. The van der Waals surface area contributed by atoms with E-state index in [9.17, 15) is 4.79 Å². The maximum Gasteiger partial charge on any atom is 0.341 e. The third kappa shape index (κ3) is 5.99. The van der Waals surface area contributed by atoms with Crippen LogP contribution in [-0.4, -0.2) is 47.4 Å². The molecule has 0 aliphatic heterocycles. The smallest absolute Gasteiger partial charge is 0.341 e. The zero-order valence-electron chi connectivity index (χ0n) is 19.6. The van der Waals surface area contributed by atoms with E-state index >= 15 is 0 Å². The summed E-state index contributed by atoms with van der Waals surface area (Å²) in [5.74, 6) is 1.72. The van der Waals surface area contributed by atoms with Crippen LogP contribution < -0.4 is 19.5 Å². The first-order valence-corrected chi connectivity index (χ1v) is 12.3. The molecule has 0 saturated heterocycles. The molecular formula is C26H27N3O5S. The number of rotatable bonds is 12. The van der Waals surface area contributed by atoms with Gasteiger partial charge in [-0.15, -0.1) is 11.3 Å². The fraction of sp³-hybridized carbons (Fsp3) is 0.269. The highest BCUT2D eigenvalue weighted by Gasteiger charge is 2.16. The van der Waals surface area contributed by atoms with E-state index in [0.29, 0.717) is 48.5 Å². The van der Waals surface area contributed by atoms with Crippen molar-refractivity contribution >= 4 is 33.2 Å². The molecule has 0 bridgehead atoms. The van der Waals surface area contributed by atoms with E-state index < -0.39 is 12.6 Å². The summed E-state index contributed by atoms with van der Waals surface area (Å²) >= 11 is 1.71. The number of aliphatic carboxylic acids is 1. The van der Waals surface area contributed by atoms with Crippen molar-refractivity contribution in [2.24, 2.45) is 0 Å². The van der Waals surface area contributed by atoms with Crippen LogP contribution >= 0.6 is 11.3 Å². The van der Waals surface area contributed by atoms with Gasteiger partial charge in [0.15, 0.2) is 23.9 Å². The zero-order chi connectivity index (χ0) is 24.6. The molecule has 2 aromatic heterocycles. The lowest BCUT2D eigenvalue weighted by molar-refractivity contribution is -0.139. The number of anilines is 1. The maximum absolute atomic E-state index is 10.9. The van der Waals surface area contributed by atoms with Crippen molar-refractivity contribution in [1.29, 1.82) is 0 Å². The van der Waals surface area contributed by atoms with Crippen LogP contribution in [0.2, 0.25) is 0 Å². The molecule has 0 fully saturated rings. The topological polar surface area (TPSA) is 103 Å². The SMILES string of the molecule is CCOc1cc2sccc2cc1CCNc1ccnc(-c2cccc(OCC(=O)O)c2OCC)n1. The molecule has 2 aromatic carbocycles. The molecule has 0 atom stereocenters. The van der Waals surface area contributed by atoms with E-state index in [-0.39, 0.29) is 0 Å². The molecule has 0 saturated carbocycles. The van der Waals surface area contributed by atoms with Gasteiger partial charge in [-0.1, -0.05) is 6.07 Å². The highest BCUT2D eigenvalue weighted by Crippen LogP contribution is 2.37. The molecule has 0 unspecified atom stereocenters. The van der Waals surface area contributed by atoms with Crippen molar-refractivity contribution in [2.45, 2.75) is 20.3 Å². The highest BCUT2D eigenvalue weighted by molar-refractivity contribution is 7.17. The second kappa shape index (κ2) is 11.5. The van der Waals surface area contributed by atoms with E-state index in [1.807, 2.05) is 19.9 Å². The van der Waals surface area contributed by atoms with Gasteiger partial charge in [0.2, 0.25) is 0 Å². The van der Waals surface area contributed by atoms with Gasteiger partial charge in [0.05, 0.1) is 18.8 Å². The number of nitrogens with one attached hydrogen (secondary N) is 1. The first-order valence-electron chi connectivity index (χ1n) is 11.4. The number of carbonyl (C=O) groups is 1. The fourth-order valence-electron chi connectivity index (χ4n) is 3.67. The number of aromatic nitrogens is 2. The largest absolute Gasteiger partial charge is 0.494 e. The highest BCUT2D eigenvalue weighted by atomic mass is 32.1. The minimum Gasteiger partial charge on any atom is -0.494 e. The Bertz CT molecular complexity index is 1310. The summed E-state index contributed by atoms with van der Waals surface area (Å²) in [5.41, 5.74) is 1.77. The van der Waals surface area contributed by atoms with Crippen LogP contribution in [0, 0.1) is 0 Å². The van der Waals surface area contributed by atoms with Gasteiger partial charge in [-0.25, -0.2) is 14.8 Å². The number of hydrogen-bond donors (Lipinski definition) is 2. The predicted molar refractivity (Wildman–Crippen MR) is 137 cm³/mol. The lowest BCUT2D eigenvalue weighted by Crippen LogP contribution is -2.11. The second-order valence-corrected chi connectivity index (χ2v) is 8.49. The van der Waals surface area contributed by atoms with Gasteiger partial charge < -0.3 is 24.6 Å². The Morgan fingerprint density at radius 2 is 1.91 bits per heavy atom. The number of thiophene rings is 1. The first-order chi connectivity index (χ1) is 17.1. The van der Waals surface area contributed by atoms with E-state index in [1.165, 1.54) is 10.1 Å². The van der Waals surface area contributed by atoms with Crippen molar-refractivity contribution < 1.29 is 24.1 Å². The summed E-state index contributed by atoms with van der Waals surface area (Å²) in [4.78, 5) is 20.0. The van der Waals surface area contributed by atoms with Crippen molar-refractivity contribution in [1.82, 2.24) is 9.97 Å². The molecule has 2 heterocycles. The number of para-hydroxylation sites is 1. The van der Waals surface area contributed by atoms with E-state index in [4.69, 9.17) is 19.3 Å². The monoisotopic (exact) mass is 493 g/mol. The molecule has 35 heavy (non-hydrogen) atoms. The lowest BCUT2D eigenvalue weighted by Gasteiger charge is -2.15. The van der Waals surface area contributed by atoms with Gasteiger partial charge in [0.1, 0.15) is 11.6 Å². The number of ether oxygens (including phenoxy) is 3. The minimum absolute atomic E-state index is 0.334. The van der Waals surface area contributed by atoms with Gasteiger partial charge in [-0.2, -0.15) is 0 Å². The minimum atomic E-state index is -1.06. The summed E-state index contributed by atoms with van der Waals surface area (Å²) in [6.45, 7) is 5.03. The predicted octanol–water partition coefficient (Wildman–Crippen LogP) is 5.27. The summed E-state index contributed by atoms with van der Waals surface area (Å²) in [7, 11) is 0. The Balaban J connectivity index is 1.51. The Morgan fingerprint density at radius 3 is 2.71 bits per heavy atom. The summed E-state index contributed by atoms with van der Waals surface area (Å²) in [6, 6.07) is 13.5. The van der Waals surface area contributed by atoms with Crippen LogP contribution in [0.1, 0.15) is 19.4 Å². The number of carboxylic acids is 1. The molecule has 0 aliphatic rings. The van der Waals surface area contributed by atoms with Crippen molar-refractivity contribution in [3.8, 4) is 28.6 Å². The quantitative estimate of drug-likeness (QED) is 0.275. The van der Waals surface area contributed by atoms with Gasteiger partial charge in [-0.05, 0) is 73.0 Å². The van der Waals surface area contributed by atoms with Crippen LogP contribution in [-0.2, 0) is 11.2 Å². The summed E-state index contributed by atoms with van der Waals surface area (Å²) in [6.07, 6.45) is 2.44. The van der Waals surface area contributed by atoms with Crippen LogP contribution in [0.3, 0.4) is 0 Å². The summed E-state index contributed by atoms with van der Waals surface area (Å²) in [5, 5.41) is 15.6. The van der Waals surface area contributed by atoms with Gasteiger partial charge in [0, 0.05) is 17.4 Å². The van der Waals surface area contributed by atoms with Crippen LogP contribution in [0.5, 0.6) is 17.2 Å². The maximum atomic E-state index is 10.9. The number of hydrogen-bond acceptors (Lipinski definition) is 8. The van der Waals surface area contributed by atoms with Crippen molar-refractivity contribution in [3.05, 3.63) is 59.6 Å². The van der Waals surface area contributed by atoms with Crippen LogP contribution in [0.15, 0.2) is 54.0 Å². The number of nitrogens with zero attached hydrogens (tertiary/aromatic N) is 2. The van der Waals surface area contributed by atoms with Crippen molar-refractivity contribution in [3.63, 3.8) is 0 Å². The molecule has 0 spiro atoms. The normalized spacial score (nSPS) is 10.8. The third-order valence-corrected chi connectivity index (χ3v) is 6.03. The van der Waals surface area contributed by atoms with Crippen molar-refractivity contribution in [2.75, 3.05) is 31.7 Å². The molecule has 9 heteroatoms. The van der Waals surface area contributed by atoms with Gasteiger partial charge in [0.25, 0.3) is 0 Å². The Kier molecular flexibility index (Phi) is 7.99. The Labute approximate surface area is 207 Å². The van der Waals surface area contributed by atoms with E-state index in [2.05, 4.69) is 38.9 Å². The molecule has 182 valence electrons. The van der Waals surface area contributed by atoms with E-state index in [1.54, 1.807) is 35.7 Å². The van der Waals surface area contributed by atoms with E-state index in [0.717, 1.165) is 17.7 Å². The molecule has 0 aliphatic carbocycles. The molecular weight excluding hydrogens is 466 g/mol. The van der Waals surface area contributed by atoms with Crippen LogP contribution in [0.4, 0.5) is 5.82 Å².